The van der Waals surface area contributed by atoms with E-state index in [0.717, 1.165) is 11.3 Å². The van der Waals surface area contributed by atoms with Crippen molar-refractivity contribution in [2.24, 2.45) is 4.99 Å². The summed E-state index contributed by atoms with van der Waals surface area (Å²) in [7, 11) is 3.45. The van der Waals surface area contributed by atoms with Crippen LogP contribution in [0.4, 0.5) is 0 Å². The van der Waals surface area contributed by atoms with E-state index in [1.807, 2.05) is 25.1 Å². The number of benzene rings is 1. The summed E-state index contributed by atoms with van der Waals surface area (Å²) >= 11 is 0. The summed E-state index contributed by atoms with van der Waals surface area (Å²) in [6.07, 6.45) is 0. The van der Waals surface area contributed by atoms with Crippen LogP contribution in [0.25, 0.3) is 0 Å². The summed E-state index contributed by atoms with van der Waals surface area (Å²) in [6.45, 7) is 9.28. The van der Waals surface area contributed by atoms with Gasteiger partial charge in [0.15, 0.2) is 5.96 Å². The van der Waals surface area contributed by atoms with Crippen molar-refractivity contribution in [3.63, 3.8) is 0 Å². The van der Waals surface area contributed by atoms with Crippen LogP contribution in [0.5, 0.6) is 5.75 Å². The molecule has 0 aliphatic carbocycles. The number of para-hydroxylation sites is 1. The third-order valence-electron chi connectivity index (χ3n) is 4.13. The molecule has 0 bridgehead atoms. The van der Waals surface area contributed by atoms with Crippen molar-refractivity contribution in [2.75, 3.05) is 33.8 Å². The first-order chi connectivity index (χ1) is 11.9. The Kier molecular flexibility index (Phi) is 6.44. The molecule has 1 amide bonds. The van der Waals surface area contributed by atoms with E-state index in [1.54, 1.807) is 14.1 Å². The molecule has 1 aromatic rings. The third kappa shape index (κ3) is 5.24. The van der Waals surface area contributed by atoms with Crippen molar-refractivity contribution in [1.29, 1.82) is 0 Å². The number of fused-ring (bicyclic) bond motifs is 1. The maximum atomic E-state index is 11.8. The van der Waals surface area contributed by atoms with Crippen LogP contribution in [-0.2, 0) is 4.79 Å². The van der Waals surface area contributed by atoms with E-state index in [2.05, 4.69) is 35.2 Å². The van der Waals surface area contributed by atoms with Gasteiger partial charge in [0.05, 0.1) is 6.61 Å². The molecule has 1 aliphatic heterocycles. The number of ether oxygens (including phenoxy) is 1. The van der Waals surface area contributed by atoms with Gasteiger partial charge in [-0.15, -0.1) is 0 Å². The monoisotopic (exact) mass is 344 g/mol. The van der Waals surface area contributed by atoms with E-state index in [-0.39, 0.29) is 24.4 Å². The fourth-order valence-electron chi connectivity index (χ4n) is 2.59. The molecule has 1 heterocycles. The molecule has 136 valence electrons. The molecule has 25 heavy (non-hydrogen) atoms. The Bertz CT molecular complexity index is 655. The van der Waals surface area contributed by atoms with Crippen molar-refractivity contribution >= 4 is 11.9 Å². The van der Waals surface area contributed by atoms with Crippen LogP contribution < -0.4 is 15.4 Å². The third-order valence-corrected chi connectivity index (χ3v) is 4.13. The lowest BCUT2D eigenvalue weighted by Gasteiger charge is -2.23. The SMILES string of the molecule is C=C(C)CNC(=NCC(=O)N(C)C)NC(C)C1COc2ccccc21. The van der Waals surface area contributed by atoms with Crippen LogP contribution >= 0.6 is 0 Å². The average Bonchev–Trinajstić information content (AvgIpc) is 3.00. The molecule has 2 atom stereocenters. The minimum Gasteiger partial charge on any atom is -0.493 e. The molecule has 0 fully saturated rings. The van der Waals surface area contributed by atoms with Gasteiger partial charge in [-0.2, -0.15) is 0 Å². The number of guanidine groups is 1. The minimum atomic E-state index is -0.0429. The number of carbonyl (C=O) groups excluding carboxylic acids is 1. The number of likely N-dealkylation sites (N-methyl/N-ethyl adjacent to an activating group) is 1. The molecule has 0 saturated carbocycles. The number of nitrogens with zero attached hydrogens (tertiary/aromatic N) is 2. The Morgan fingerprint density at radius 1 is 1.44 bits per heavy atom. The molecule has 6 heteroatoms. The van der Waals surface area contributed by atoms with Crippen LogP contribution in [0.15, 0.2) is 41.4 Å². The normalized spacial score (nSPS) is 17.3. The maximum Gasteiger partial charge on any atom is 0.243 e. The standard InChI is InChI=1S/C19H28N4O2/c1-13(2)10-20-19(21-11-18(24)23(4)5)22-14(3)16-12-25-17-9-7-6-8-15(16)17/h6-9,14,16H,1,10-12H2,2-5H3,(H2,20,21,22). The van der Waals surface area contributed by atoms with Crippen LogP contribution in [0, 0.1) is 0 Å². The topological polar surface area (TPSA) is 66.0 Å². The lowest BCUT2D eigenvalue weighted by Crippen LogP contribution is -2.46. The number of rotatable bonds is 6. The van der Waals surface area contributed by atoms with E-state index in [0.29, 0.717) is 19.1 Å². The van der Waals surface area contributed by atoms with Gasteiger partial charge in [-0.05, 0) is 19.9 Å². The largest absolute Gasteiger partial charge is 0.493 e. The smallest absolute Gasteiger partial charge is 0.243 e. The molecule has 0 saturated heterocycles. The van der Waals surface area contributed by atoms with E-state index in [1.165, 1.54) is 10.5 Å². The first kappa shape index (κ1) is 18.8. The first-order valence-corrected chi connectivity index (χ1v) is 8.49. The van der Waals surface area contributed by atoms with Crippen molar-refractivity contribution in [3.8, 4) is 5.75 Å². The second-order valence-electron chi connectivity index (χ2n) is 6.65. The molecule has 2 unspecified atom stereocenters. The Balaban J connectivity index is 2.06. The zero-order chi connectivity index (χ0) is 18.4. The van der Waals surface area contributed by atoms with E-state index in [4.69, 9.17) is 4.74 Å². The molecule has 0 spiro atoms. The number of nitrogens with one attached hydrogen (secondary N) is 2. The van der Waals surface area contributed by atoms with E-state index >= 15 is 0 Å². The van der Waals surface area contributed by atoms with Gasteiger partial charge in [-0.25, -0.2) is 4.99 Å². The Morgan fingerprint density at radius 2 is 2.16 bits per heavy atom. The lowest BCUT2D eigenvalue weighted by molar-refractivity contribution is -0.127. The van der Waals surface area contributed by atoms with Gasteiger partial charge in [-0.1, -0.05) is 30.4 Å². The molecule has 1 aromatic carbocycles. The van der Waals surface area contributed by atoms with Gasteiger partial charge in [-0.3, -0.25) is 4.79 Å². The Labute approximate surface area is 150 Å². The second-order valence-corrected chi connectivity index (χ2v) is 6.65. The molecule has 0 aromatic heterocycles. The fraction of sp³-hybridized carbons (Fsp3) is 0.474. The average molecular weight is 344 g/mol. The highest BCUT2D eigenvalue weighted by molar-refractivity contribution is 5.85. The number of hydrogen-bond donors (Lipinski definition) is 2. The number of aliphatic imine (C=N–C) groups is 1. The summed E-state index contributed by atoms with van der Waals surface area (Å²) in [5.41, 5.74) is 2.20. The van der Waals surface area contributed by atoms with E-state index in [9.17, 15) is 4.79 Å². The second kappa shape index (κ2) is 8.55. The van der Waals surface area contributed by atoms with E-state index < -0.39 is 0 Å². The quantitative estimate of drug-likeness (QED) is 0.469. The minimum absolute atomic E-state index is 0.0429. The Hall–Kier alpha value is -2.50. The molecule has 2 rings (SSSR count). The number of amides is 1. The van der Waals surface area contributed by atoms with Gasteiger partial charge in [0, 0.05) is 38.2 Å². The van der Waals surface area contributed by atoms with Crippen molar-refractivity contribution in [1.82, 2.24) is 15.5 Å². The summed E-state index contributed by atoms with van der Waals surface area (Å²) in [4.78, 5) is 17.8. The Morgan fingerprint density at radius 3 is 2.84 bits per heavy atom. The summed E-state index contributed by atoms with van der Waals surface area (Å²) in [5, 5.41) is 6.62. The zero-order valence-corrected chi connectivity index (χ0v) is 15.5. The first-order valence-electron chi connectivity index (χ1n) is 8.49. The highest BCUT2D eigenvalue weighted by Crippen LogP contribution is 2.35. The molecule has 6 nitrogen and oxygen atoms in total. The zero-order valence-electron chi connectivity index (χ0n) is 15.5. The molecule has 0 radical (unpaired) electrons. The molecule has 2 N–H and O–H groups in total. The summed E-state index contributed by atoms with van der Waals surface area (Å²) in [5.74, 6) is 1.74. The van der Waals surface area contributed by atoms with Gasteiger partial charge in [0.2, 0.25) is 5.91 Å². The fourth-order valence-corrected chi connectivity index (χ4v) is 2.59. The molecule has 1 aliphatic rings. The predicted octanol–water partition coefficient (Wildman–Crippen LogP) is 1.75. The highest BCUT2D eigenvalue weighted by Gasteiger charge is 2.29. The van der Waals surface area contributed by atoms with Crippen LogP contribution in [0.1, 0.15) is 25.3 Å². The van der Waals surface area contributed by atoms with Crippen LogP contribution in [0.3, 0.4) is 0 Å². The lowest BCUT2D eigenvalue weighted by atomic mass is 9.94. The molecular formula is C19H28N4O2. The summed E-state index contributed by atoms with van der Waals surface area (Å²) < 4.78 is 5.77. The van der Waals surface area contributed by atoms with Crippen molar-refractivity contribution in [2.45, 2.75) is 25.8 Å². The van der Waals surface area contributed by atoms with Gasteiger partial charge >= 0.3 is 0 Å². The van der Waals surface area contributed by atoms with Crippen molar-refractivity contribution in [3.05, 3.63) is 42.0 Å². The van der Waals surface area contributed by atoms with Gasteiger partial charge in [0.1, 0.15) is 12.3 Å². The van der Waals surface area contributed by atoms with Gasteiger partial charge < -0.3 is 20.3 Å². The van der Waals surface area contributed by atoms with Crippen LogP contribution in [-0.4, -0.2) is 56.6 Å². The number of hydrogen-bond acceptors (Lipinski definition) is 3. The van der Waals surface area contributed by atoms with Crippen molar-refractivity contribution < 1.29 is 9.53 Å². The number of carbonyl (C=O) groups is 1. The predicted molar refractivity (Wildman–Crippen MR) is 101 cm³/mol. The molecular weight excluding hydrogens is 316 g/mol. The summed E-state index contributed by atoms with van der Waals surface area (Å²) in [6, 6.07) is 8.20. The highest BCUT2D eigenvalue weighted by atomic mass is 16.5. The maximum absolute atomic E-state index is 11.8. The van der Waals surface area contributed by atoms with Crippen LogP contribution in [0.2, 0.25) is 0 Å². The van der Waals surface area contributed by atoms with Gasteiger partial charge in [0.25, 0.3) is 0 Å².